The van der Waals surface area contributed by atoms with Crippen LogP contribution in [0.2, 0.25) is 0 Å². The van der Waals surface area contributed by atoms with E-state index in [1.165, 1.54) is 22.3 Å². The van der Waals surface area contributed by atoms with Crippen molar-refractivity contribution in [3.8, 4) is 6.07 Å². The minimum absolute atomic E-state index is 0.153. The highest BCUT2D eigenvalue weighted by Gasteiger charge is 2.23. The van der Waals surface area contributed by atoms with Gasteiger partial charge in [0.1, 0.15) is 23.4 Å². The number of hydrogen-bond donors (Lipinski definition) is 2. The van der Waals surface area contributed by atoms with Crippen molar-refractivity contribution in [2.24, 2.45) is 0 Å². The molecule has 1 aromatic heterocycles. The summed E-state index contributed by atoms with van der Waals surface area (Å²) < 4.78 is 13.7. The molecule has 4 nitrogen and oxygen atoms in total. The number of nitriles is 1. The zero-order valence-electron chi connectivity index (χ0n) is 13.5. The van der Waals surface area contributed by atoms with Gasteiger partial charge >= 0.3 is 0 Å². The zero-order valence-corrected chi connectivity index (χ0v) is 14.3. The summed E-state index contributed by atoms with van der Waals surface area (Å²) in [5.41, 5.74) is 2.31. The second kappa shape index (κ2) is 7.12. The molecule has 2 aromatic rings. The average molecular weight is 344 g/mol. The highest BCUT2D eigenvalue weighted by molar-refractivity contribution is 7.16. The van der Waals surface area contributed by atoms with Gasteiger partial charge < -0.3 is 10.2 Å². The van der Waals surface area contributed by atoms with E-state index in [1.54, 1.807) is 18.2 Å². The zero-order chi connectivity index (χ0) is 17.1. The minimum Gasteiger partial charge on any atom is -0.326 e. The van der Waals surface area contributed by atoms with Crippen molar-refractivity contribution in [2.45, 2.75) is 25.8 Å². The summed E-state index contributed by atoms with van der Waals surface area (Å²) >= 11 is 1.51. The molecule has 1 heterocycles. The van der Waals surface area contributed by atoms with Crippen molar-refractivity contribution >= 4 is 22.2 Å². The maximum Gasteiger partial charge on any atom is 0.280 e. The van der Waals surface area contributed by atoms with E-state index in [9.17, 15) is 14.4 Å². The second-order valence-corrected chi connectivity index (χ2v) is 7.23. The molecule has 2 N–H and O–H groups in total. The number of amides is 1. The number of nitrogens with zero attached hydrogens (tertiary/aromatic N) is 1. The van der Waals surface area contributed by atoms with Gasteiger partial charge in [-0.25, -0.2) is 4.39 Å². The molecule has 0 saturated heterocycles. The van der Waals surface area contributed by atoms with Crippen LogP contribution in [-0.2, 0) is 24.2 Å². The first kappa shape index (κ1) is 16.6. The Morgan fingerprint density at radius 1 is 1.42 bits per heavy atom. The van der Waals surface area contributed by atoms with E-state index in [2.05, 4.69) is 11.4 Å². The SMILES string of the molecule is C[NH+](CC(=O)Nc1sc2c(c1C#N)CCC2)Cc1ccccc1F. The third-order valence-electron chi connectivity index (χ3n) is 4.20. The number of fused-ring (bicyclic) bond motifs is 1. The summed E-state index contributed by atoms with van der Waals surface area (Å²) in [5, 5.41) is 12.9. The number of thiophene rings is 1. The lowest BCUT2D eigenvalue weighted by Gasteiger charge is -2.14. The fraction of sp³-hybridized carbons (Fsp3) is 0.333. The Labute approximate surface area is 144 Å². The van der Waals surface area contributed by atoms with E-state index in [4.69, 9.17) is 0 Å². The van der Waals surface area contributed by atoms with Crippen LogP contribution in [-0.4, -0.2) is 19.5 Å². The largest absolute Gasteiger partial charge is 0.326 e. The monoisotopic (exact) mass is 344 g/mol. The number of anilines is 1. The van der Waals surface area contributed by atoms with Crippen LogP contribution in [0.15, 0.2) is 24.3 Å². The molecule has 6 heteroatoms. The number of hydrogen-bond acceptors (Lipinski definition) is 3. The van der Waals surface area contributed by atoms with Crippen molar-refractivity contribution in [2.75, 3.05) is 18.9 Å². The number of aryl methyl sites for hydroxylation is 1. The fourth-order valence-corrected chi connectivity index (χ4v) is 4.34. The topological polar surface area (TPSA) is 57.3 Å². The van der Waals surface area contributed by atoms with E-state index in [1.807, 2.05) is 7.05 Å². The fourth-order valence-electron chi connectivity index (χ4n) is 3.08. The third kappa shape index (κ3) is 3.48. The van der Waals surface area contributed by atoms with E-state index < -0.39 is 0 Å². The highest BCUT2D eigenvalue weighted by atomic mass is 32.1. The Morgan fingerprint density at radius 2 is 2.21 bits per heavy atom. The molecule has 0 fully saturated rings. The van der Waals surface area contributed by atoms with Gasteiger partial charge in [-0.05, 0) is 30.9 Å². The normalized spacial score (nSPS) is 14.0. The average Bonchev–Trinajstić information content (AvgIpc) is 3.09. The number of nitrogens with one attached hydrogen (secondary N) is 2. The third-order valence-corrected chi connectivity index (χ3v) is 5.41. The van der Waals surface area contributed by atoms with Gasteiger partial charge in [-0.2, -0.15) is 5.26 Å². The second-order valence-electron chi connectivity index (χ2n) is 6.12. The molecule has 1 amide bonds. The number of likely N-dealkylation sites (N-methyl/N-ethyl adjacent to an activating group) is 1. The molecule has 1 aliphatic carbocycles. The van der Waals surface area contributed by atoms with Crippen molar-refractivity contribution < 1.29 is 14.1 Å². The number of carbonyl (C=O) groups excluding carboxylic acids is 1. The molecule has 1 aliphatic rings. The Bertz CT molecular complexity index is 809. The Kier molecular flexibility index (Phi) is 4.93. The molecule has 3 rings (SSSR count). The van der Waals surface area contributed by atoms with Crippen LogP contribution in [0.3, 0.4) is 0 Å². The Hall–Kier alpha value is -2.23. The van der Waals surface area contributed by atoms with Gasteiger partial charge in [0, 0.05) is 10.4 Å². The van der Waals surface area contributed by atoms with Crippen molar-refractivity contribution in [3.63, 3.8) is 0 Å². The van der Waals surface area contributed by atoms with E-state index in [0.717, 1.165) is 29.7 Å². The molecule has 0 radical (unpaired) electrons. The van der Waals surface area contributed by atoms with Gasteiger partial charge in [0.2, 0.25) is 0 Å². The molecule has 1 unspecified atom stereocenters. The molecular formula is C18H19FN3OS+. The number of halogens is 1. The predicted octanol–water partition coefficient (Wildman–Crippen LogP) is 1.90. The van der Waals surface area contributed by atoms with Crippen LogP contribution in [0, 0.1) is 17.1 Å². The van der Waals surface area contributed by atoms with Gasteiger partial charge in [0.25, 0.3) is 5.91 Å². The van der Waals surface area contributed by atoms with Crippen molar-refractivity contribution in [3.05, 3.63) is 51.7 Å². The summed E-state index contributed by atoms with van der Waals surface area (Å²) in [5.74, 6) is -0.404. The van der Waals surface area contributed by atoms with Crippen molar-refractivity contribution in [1.82, 2.24) is 0 Å². The molecule has 0 spiro atoms. The Balaban J connectivity index is 1.62. The Morgan fingerprint density at radius 3 is 2.96 bits per heavy atom. The summed E-state index contributed by atoms with van der Waals surface area (Å²) in [6.07, 6.45) is 2.99. The van der Waals surface area contributed by atoms with Gasteiger partial charge in [0.05, 0.1) is 12.6 Å². The lowest BCUT2D eigenvalue weighted by molar-refractivity contribution is -0.885. The van der Waals surface area contributed by atoms with E-state index >= 15 is 0 Å². The first-order valence-electron chi connectivity index (χ1n) is 7.97. The van der Waals surface area contributed by atoms with Gasteiger partial charge in [-0.15, -0.1) is 11.3 Å². The van der Waals surface area contributed by atoms with Crippen LogP contribution in [0.1, 0.15) is 28.0 Å². The summed E-state index contributed by atoms with van der Waals surface area (Å²) in [7, 11) is 1.85. The minimum atomic E-state index is -0.251. The lowest BCUT2D eigenvalue weighted by Crippen LogP contribution is -3.08. The molecule has 1 aromatic carbocycles. The molecule has 24 heavy (non-hydrogen) atoms. The molecule has 0 bridgehead atoms. The number of rotatable bonds is 5. The summed E-state index contributed by atoms with van der Waals surface area (Å²) in [6, 6.07) is 8.82. The van der Waals surface area contributed by atoms with Crippen LogP contribution < -0.4 is 10.2 Å². The van der Waals surface area contributed by atoms with Gasteiger partial charge in [-0.1, -0.05) is 18.2 Å². The quantitative estimate of drug-likeness (QED) is 0.870. The molecule has 1 atom stereocenters. The lowest BCUT2D eigenvalue weighted by atomic mass is 10.1. The first-order chi connectivity index (χ1) is 11.6. The number of quaternary nitrogens is 1. The van der Waals surface area contributed by atoms with Gasteiger partial charge in [0.15, 0.2) is 6.54 Å². The maximum absolute atomic E-state index is 13.7. The maximum atomic E-state index is 13.7. The molecule has 124 valence electrons. The van der Waals surface area contributed by atoms with Gasteiger partial charge in [-0.3, -0.25) is 4.79 Å². The van der Waals surface area contributed by atoms with Crippen LogP contribution >= 0.6 is 11.3 Å². The molecule has 0 aliphatic heterocycles. The summed E-state index contributed by atoms with van der Waals surface area (Å²) in [4.78, 5) is 14.4. The first-order valence-corrected chi connectivity index (χ1v) is 8.79. The highest BCUT2D eigenvalue weighted by Crippen LogP contribution is 2.38. The van der Waals surface area contributed by atoms with Crippen molar-refractivity contribution in [1.29, 1.82) is 5.26 Å². The summed E-state index contributed by atoms with van der Waals surface area (Å²) in [6.45, 7) is 0.661. The molecular weight excluding hydrogens is 325 g/mol. The van der Waals surface area contributed by atoms with Crippen LogP contribution in [0.25, 0.3) is 0 Å². The van der Waals surface area contributed by atoms with Crippen LogP contribution in [0.4, 0.5) is 9.39 Å². The van der Waals surface area contributed by atoms with E-state index in [-0.39, 0.29) is 18.3 Å². The number of benzene rings is 1. The standard InChI is InChI=1S/C18H18FN3OS/c1-22(10-12-5-2-3-7-15(12)19)11-17(23)21-18-14(9-20)13-6-4-8-16(13)24-18/h2-3,5,7H,4,6,8,10-11H2,1H3,(H,21,23)/p+1. The number of carbonyl (C=O) groups is 1. The van der Waals surface area contributed by atoms with Crippen LogP contribution in [0.5, 0.6) is 0 Å². The van der Waals surface area contributed by atoms with E-state index in [0.29, 0.717) is 22.7 Å². The molecule has 0 saturated carbocycles. The predicted molar refractivity (Wildman–Crippen MR) is 91.5 cm³/mol. The smallest absolute Gasteiger partial charge is 0.280 e.